The third-order valence-electron chi connectivity index (χ3n) is 4.00. The van der Waals surface area contributed by atoms with Crippen LogP contribution in [0.25, 0.3) is 0 Å². The van der Waals surface area contributed by atoms with Crippen molar-refractivity contribution in [2.75, 3.05) is 32.8 Å². The Morgan fingerprint density at radius 3 is 2.79 bits per heavy atom. The molecule has 3 rings (SSSR count). The van der Waals surface area contributed by atoms with Gasteiger partial charge in [-0.05, 0) is 11.6 Å². The number of hydrogen-bond acceptors (Lipinski definition) is 5. The Labute approximate surface area is 145 Å². The molecule has 1 amide bonds. The van der Waals surface area contributed by atoms with Gasteiger partial charge in [-0.1, -0.05) is 29.8 Å². The summed E-state index contributed by atoms with van der Waals surface area (Å²) < 4.78 is 5.43. The van der Waals surface area contributed by atoms with Crippen LogP contribution in [0.1, 0.15) is 22.1 Å². The third kappa shape index (κ3) is 4.08. The van der Waals surface area contributed by atoms with Crippen LogP contribution in [0, 0.1) is 0 Å². The van der Waals surface area contributed by atoms with Crippen molar-refractivity contribution in [1.29, 1.82) is 0 Å². The zero-order valence-electron chi connectivity index (χ0n) is 13.2. The van der Waals surface area contributed by atoms with Crippen LogP contribution in [0.2, 0.25) is 5.02 Å². The number of aromatic nitrogens is 2. The predicted molar refractivity (Wildman–Crippen MR) is 91.0 cm³/mol. The number of amides is 1. The molecule has 126 valence electrons. The molecule has 1 atom stereocenters. The van der Waals surface area contributed by atoms with Gasteiger partial charge in [-0.25, -0.2) is 4.98 Å². The SMILES string of the molecule is O=C(NCC(c1ccccc1Cl)N1CCOCC1)c1cnccn1. The zero-order valence-corrected chi connectivity index (χ0v) is 13.9. The normalized spacial score (nSPS) is 16.5. The molecule has 1 aliphatic rings. The first-order valence-electron chi connectivity index (χ1n) is 7.86. The zero-order chi connectivity index (χ0) is 16.8. The fraction of sp³-hybridized carbons (Fsp3) is 0.353. The Morgan fingerprint density at radius 2 is 2.08 bits per heavy atom. The molecule has 1 fully saturated rings. The maximum atomic E-state index is 12.3. The minimum Gasteiger partial charge on any atom is -0.379 e. The fourth-order valence-electron chi connectivity index (χ4n) is 2.77. The topological polar surface area (TPSA) is 67.4 Å². The lowest BCUT2D eigenvalue weighted by Gasteiger charge is -2.35. The standard InChI is InChI=1S/C17H19ClN4O2/c18-14-4-2-1-3-13(14)16(22-7-9-24-10-8-22)12-21-17(23)15-11-19-5-6-20-15/h1-6,11,16H,7-10,12H2,(H,21,23). The molecule has 1 aromatic heterocycles. The number of rotatable bonds is 5. The van der Waals surface area contributed by atoms with Gasteiger partial charge in [-0.2, -0.15) is 0 Å². The number of hydrogen-bond donors (Lipinski definition) is 1. The molecule has 0 bridgehead atoms. The van der Waals surface area contributed by atoms with Crippen molar-refractivity contribution in [2.24, 2.45) is 0 Å². The summed E-state index contributed by atoms with van der Waals surface area (Å²) in [7, 11) is 0. The highest BCUT2D eigenvalue weighted by Gasteiger charge is 2.25. The molecule has 1 aromatic carbocycles. The largest absolute Gasteiger partial charge is 0.379 e. The van der Waals surface area contributed by atoms with Gasteiger partial charge in [0.15, 0.2) is 0 Å². The second-order valence-corrected chi connectivity index (χ2v) is 5.89. The van der Waals surface area contributed by atoms with Gasteiger partial charge in [0.1, 0.15) is 5.69 Å². The Kier molecular flexibility index (Phi) is 5.74. The van der Waals surface area contributed by atoms with E-state index in [9.17, 15) is 4.79 Å². The Balaban J connectivity index is 1.75. The van der Waals surface area contributed by atoms with Crippen molar-refractivity contribution >= 4 is 17.5 Å². The van der Waals surface area contributed by atoms with Crippen LogP contribution in [0.4, 0.5) is 0 Å². The van der Waals surface area contributed by atoms with Gasteiger partial charge in [-0.3, -0.25) is 14.7 Å². The summed E-state index contributed by atoms with van der Waals surface area (Å²) in [6.07, 6.45) is 4.49. The first-order valence-corrected chi connectivity index (χ1v) is 8.24. The average molecular weight is 347 g/mol. The lowest BCUT2D eigenvalue weighted by atomic mass is 10.0. The number of nitrogens with one attached hydrogen (secondary N) is 1. The van der Waals surface area contributed by atoms with Crippen molar-refractivity contribution in [2.45, 2.75) is 6.04 Å². The van der Waals surface area contributed by atoms with Crippen LogP contribution in [0.5, 0.6) is 0 Å². The van der Waals surface area contributed by atoms with E-state index in [1.165, 1.54) is 18.6 Å². The molecule has 6 nitrogen and oxygen atoms in total. The lowest BCUT2D eigenvalue weighted by Crippen LogP contribution is -2.44. The van der Waals surface area contributed by atoms with Gasteiger partial charge >= 0.3 is 0 Å². The third-order valence-corrected chi connectivity index (χ3v) is 4.35. The first kappa shape index (κ1) is 16.8. The fourth-order valence-corrected chi connectivity index (χ4v) is 3.03. The summed E-state index contributed by atoms with van der Waals surface area (Å²) in [5, 5.41) is 3.64. The molecule has 2 aromatic rings. The van der Waals surface area contributed by atoms with Crippen molar-refractivity contribution < 1.29 is 9.53 Å². The molecule has 0 radical (unpaired) electrons. The molecule has 1 saturated heterocycles. The monoisotopic (exact) mass is 346 g/mol. The lowest BCUT2D eigenvalue weighted by molar-refractivity contribution is 0.0162. The average Bonchev–Trinajstić information content (AvgIpc) is 2.65. The molecule has 0 aliphatic carbocycles. The maximum absolute atomic E-state index is 12.3. The van der Waals surface area contributed by atoms with Gasteiger partial charge in [0.25, 0.3) is 5.91 Å². The van der Waals surface area contributed by atoms with Crippen LogP contribution in [0.3, 0.4) is 0 Å². The number of carbonyl (C=O) groups excluding carboxylic acids is 1. The number of halogens is 1. The van der Waals surface area contributed by atoms with Gasteiger partial charge in [0.2, 0.25) is 0 Å². The van der Waals surface area contributed by atoms with Crippen molar-refractivity contribution in [3.8, 4) is 0 Å². The quantitative estimate of drug-likeness (QED) is 0.896. The van der Waals surface area contributed by atoms with Crippen molar-refractivity contribution in [3.05, 3.63) is 59.1 Å². The summed E-state index contributed by atoms with van der Waals surface area (Å²) >= 11 is 6.38. The van der Waals surface area contributed by atoms with E-state index in [1.54, 1.807) is 0 Å². The van der Waals surface area contributed by atoms with E-state index in [0.717, 1.165) is 18.7 Å². The van der Waals surface area contributed by atoms with Crippen LogP contribution >= 0.6 is 11.6 Å². The molecule has 7 heteroatoms. The van der Waals surface area contributed by atoms with Gasteiger partial charge in [0, 0.05) is 37.1 Å². The molecule has 24 heavy (non-hydrogen) atoms. The van der Waals surface area contributed by atoms with Crippen molar-refractivity contribution in [3.63, 3.8) is 0 Å². The number of nitrogens with zero attached hydrogens (tertiary/aromatic N) is 3. The summed E-state index contributed by atoms with van der Waals surface area (Å²) in [5.41, 5.74) is 1.30. The Hall–Kier alpha value is -2.02. The summed E-state index contributed by atoms with van der Waals surface area (Å²) in [6.45, 7) is 3.41. The number of benzene rings is 1. The summed E-state index contributed by atoms with van der Waals surface area (Å²) in [6, 6.07) is 7.72. The molecule has 1 aliphatic heterocycles. The van der Waals surface area contributed by atoms with E-state index < -0.39 is 0 Å². The van der Waals surface area contributed by atoms with E-state index in [2.05, 4.69) is 20.2 Å². The Bertz CT molecular complexity index is 677. The highest BCUT2D eigenvalue weighted by molar-refractivity contribution is 6.31. The van der Waals surface area contributed by atoms with Crippen LogP contribution in [-0.2, 0) is 4.74 Å². The van der Waals surface area contributed by atoms with Crippen LogP contribution in [-0.4, -0.2) is 53.6 Å². The highest BCUT2D eigenvalue weighted by atomic mass is 35.5. The second kappa shape index (κ2) is 8.19. The number of ether oxygens (including phenoxy) is 1. The molecular weight excluding hydrogens is 328 g/mol. The van der Waals surface area contributed by atoms with Gasteiger partial charge in [0.05, 0.1) is 25.5 Å². The van der Waals surface area contributed by atoms with Gasteiger partial charge < -0.3 is 10.1 Å². The maximum Gasteiger partial charge on any atom is 0.271 e. The highest BCUT2D eigenvalue weighted by Crippen LogP contribution is 2.27. The second-order valence-electron chi connectivity index (χ2n) is 5.49. The first-order chi connectivity index (χ1) is 11.8. The molecule has 0 spiro atoms. The predicted octanol–water partition coefficient (Wildman–Crippen LogP) is 1.93. The van der Waals surface area contributed by atoms with E-state index in [4.69, 9.17) is 16.3 Å². The molecule has 1 N–H and O–H groups in total. The van der Waals surface area contributed by atoms with E-state index in [-0.39, 0.29) is 11.9 Å². The molecule has 2 heterocycles. The van der Waals surface area contributed by atoms with E-state index in [1.807, 2.05) is 24.3 Å². The number of carbonyl (C=O) groups is 1. The van der Waals surface area contributed by atoms with E-state index >= 15 is 0 Å². The summed E-state index contributed by atoms with van der Waals surface area (Å²) in [4.78, 5) is 22.5. The number of morpholine rings is 1. The molecule has 1 unspecified atom stereocenters. The van der Waals surface area contributed by atoms with Gasteiger partial charge in [-0.15, -0.1) is 0 Å². The van der Waals surface area contributed by atoms with Crippen LogP contribution < -0.4 is 5.32 Å². The summed E-state index contributed by atoms with van der Waals surface area (Å²) in [5.74, 6) is -0.242. The minimum absolute atomic E-state index is 0.0109. The molecule has 0 saturated carbocycles. The molecular formula is C17H19ClN4O2. The smallest absolute Gasteiger partial charge is 0.271 e. The van der Waals surface area contributed by atoms with Crippen LogP contribution in [0.15, 0.2) is 42.9 Å². The minimum atomic E-state index is -0.242. The van der Waals surface area contributed by atoms with E-state index in [0.29, 0.717) is 30.5 Å². The Morgan fingerprint density at radius 1 is 1.29 bits per heavy atom. The van der Waals surface area contributed by atoms with Crippen molar-refractivity contribution in [1.82, 2.24) is 20.2 Å².